The van der Waals surface area contributed by atoms with E-state index >= 15 is 0 Å². The van der Waals surface area contributed by atoms with Gasteiger partial charge < -0.3 is 24.6 Å². The number of likely N-dealkylation sites (N-methyl/N-ethyl adjacent to an activating group) is 1. The first kappa shape index (κ1) is 41.6. The molecule has 0 amide bonds. The van der Waals surface area contributed by atoms with Gasteiger partial charge in [-0.25, -0.2) is 0 Å². The molecule has 44 heavy (non-hydrogen) atoms. The van der Waals surface area contributed by atoms with Gasteiger partial charge in [0.1, 0.15) is 11.7 Å². The highest BCUT2D eigenvalue weighted by Crippen LogP contribution is 2.22. The van der Waals surface area contributed by atoms with Crippen molar-refractivity contribution in [2.75, 3.05) is 39.8 Å². The normalized spacial score (nSPS) is 30.0. The first-order valence-electron chi connectivity index (χ1n) is 16.1. The van der Waals surface area contributed by atoms with Crippen LogP contribution in [0.15, 0.2) is 56.6 Å². The van der Waals surface area contributed by atoms with Gasteiger partial charge in [0.25, 0.3) is 0 Å². The molecule has 1 aromatic rings. The lowest BCUT2D eigenvalue weighted by molar-refractivity contribution is -0.169. The molecule has 7 atom stereocenters. The molecule has 0 radical (unpaired) electrons. The Labute approximate surface area is 268 Å². The molecule has 2 aliphatic rings. The number of hydrogen-bond acceptors (Lipinski definition) is 8. The van der Waals surface area contributed by atoms with Crippen LogP contribution in [-0.2, 0) is 25.6 Å². The number of rotatable bonds is 2. The Bertz CT molecular complexity index is 873. The summed E-state index contributed by atoms with van der Waals surface area (Å²) in [5, 5.41) is 19.5. The number of carbonyl (C=O) groups is 2. The van der Waals surface area contributed by atoms with Crippen molar-refractivity contribution < 1.29 is 29.3 Å². The number of cyclic esters (lactones) is 1. The number of benzene rings is 1. The number of carbonyl (C=O) groups excluding carboxylic acids is 2. The summed E-state index contributed by atoms with van der Waals surface area (Å²) < 4.78 is 10.5. The molecule has 8 heteroatoms. The van der Waals surface area contributed by atoms with Crippen molar-refractivity contribution in [3.63, 3.8) is 0 Å². The largest absolute Gasteiger partial charge is 0.465 e. The zero-order valence-corrected chi connectivity index (χ0v) is 28.5. The van der Waals surface area contributed by atoms with Gasteiger partial charge in [0.2, 0.25) is 0 Å². The Hall–Kier alpha value is -2.36. The second kappa shape index (κ2) is 23.9. The van der Waals surface area contributed by atoms with Crippen molar-refractivity contribution in [2.45, 2.75) is 91.8 Å². The molecule has 2 heterocycles. The summed E-state index contributed by atoms with van der Waals surface area (Å²) in [5.74, 6) is -0.824. The van der Waals surface area contributed by atoms with Crippen LogP contribution in [0.5, 0.6) is 0 Å². The van der Waals surface area contributed by atoms with E-state index in [-0.39, 0.29) is 17.8 Å². The van der Waals surface area contributed by atoms with Crippen molar-refractivity contribution >= 4 is 11.8 Å². The lowest BCUT2D eigenvalue weighted by Gasteiger charge is -2.28. The molecule has 0 aromatic heterocycles. The second-order valence-corrected chi connectivity index (χ2v) is 12.3. The maximum atomic E-state index is 12.6. The highest BCUT2D eigenvalue weighted by molar-refractivity contribution is 5.99. The van der Waals surface area contributed by atoms with Gasteiger partial charge in [-0.15, -0.1) is 26.3 Å². The smallest absolute Gasteiger partial charge is 0.316 e. The summed E-state index contributed by atoms with van der Waals surface area (Å²) in [6, 6.07) is 10.4. The highest BCUT2D eigenvalue weighted by atomic mass is 16.6. The summed E-state index contributed by atoms with van der Waals surface area (Å²) in [4.78, 5) is 29.6. The van der Waals surface area contributed by atoms with Crippen molar-refractivity contribution in [3.05, 3.63) is 62.2 Å². The average molecular weight is 619 g/mol. The summed E-state index contributed by atoms with van der Waals surface area (Å²) in [5.41, 5.74) is 1.26. The SMILES string of the molecule is C=C.C=C.C[C@@H]1C[C@@H](O)C[C@@H](C)C(=O)[C@@H](C)C(=O)OCCCN(Cc2ccccc2)CCN(C)C1.C[C@H]1C[C@@H](C)O[C@@H](O)C1. The summed E-state index contributed by atoms with van der Waals surface area (Å²) >= 11 is 0. The molecule has 1 aromatic carbocycles. The second-order valence-electron chi connectivity index (χ2n) is 12.3. The fourth-order valence-electron chi connectivity index (χ4n) is 5.72. The minimum absolute atomic E-state index is 0.149. The first-order valence-corrected chi connectivity index (χ1v) is 16.1. The molecule has 8 nitrogen and oxygen atoms in total. The standard InChI is InChI=1S/C25H40N2O4.C7H14O2.2C2H4/c1-19-15-23(28)16-20(2)24(29)21(3)25(30)31-14-8-11-27(13-12-26(4)17-19)18-22-9-6-5-7-10-22;1-5-3-6(2)9-7(8)4-5;2*1-2/h5-7,9-10,19-21,23,28H,8,11-18H2,1-4H3;5-8H,3-4H2,1-2H3;2*1-2H2/t19-,20-,21-,23-;5-,6+,7+;;/m10../s1. The van der Waals surface area contributed by atoms with Gasteiger partial charge in [0.15, 0.2) is 6.29 Å². The molecule has 2 N–H and O–H groups in total. The Morgan fingerprint density at radius 2 is 1.48 bits per heavy atom. The topological polar surface area (TPSA) is 99.5 Å². The number of hydrogen-bond donors (Lipinski definition) is 2. The van der Waals surface area contributed by atoms with Crippen LogP contribution in [-0.4, -0.2) is 90.1 Å². The van der Waals surface area contributed by atoms with E-state index < -0.39 is 24.3 Å². The molecule has 252 valence electrons. The average Bonchev–Trinajstić information content (AvgIpc) is 2.98. The highest BCUT2D eigenvalue weighted by Gasteiger charge is 2.29. The lowest BCUT2D eigenvalue weighted by atomic mass is 9.88. The van der Waals surface area contributed by atoms with Gasteiger partial charge >= 0.3 is 5.97 Å². The molecule has 2 saturated heterocycles. The number of Topliss-reactive ketones (excluding diaryl/α,β-unsaturated/α-hetero) is 1. The van der Waals surface area contributed by atoms with Crippen LogP contribution in [0.1, 0.15) is 72.3 Å². The van der Waals surface area contributed by atoms with Crippen LogP contribution < -0.4 is 0 Å². The Balaban J connectivity index is 0.00000119. The number of nitrogens with zero attached hydrogens (tertiary/aromatic N) is 2. The van der Waals surface area contributed by atoms with Gasteiger partial charge in [0.05, 0.1) is 18.8 Å². The molecule has 2 fully saturated rings. The van der Waals surface area contributed by atoms with Gasteiger partial charge in [-0.2, -0.15) is 0 Å². The fourth-order valence-corrected chi connectivity index (χ4v) is 5.72. The van der Waals surface area contributed by atoms with Crippen molar-refractivity contribution in [1.29, 1.82) is 0 Å². The summed E-state index contributed by atoms with van der Waals surface area (Å²) in [7, 11) is 2.12. The molecule has 3 rings (SSSR count). The first-order chi connectivity index (χ1) is 20.9. The predicted molar refractivity (Wildman–Crippen MR) is 180 cm³/mol. The third-order valence-electron chi connectivity index (χ3n) is 7.83. The van der Waals surface area contributed by atoms with E-state index in [0.29, 0.717) is 31.3 Å². The van der Waals surface area contributed by atoms with Crippen molar-refractivity contribution in [2.24, 2.45) is 23.7 Å². The van der Waals surface area contributed by atoms with E-state index in [2.05, 4.69) is 81.3 Å². The minimum Gasteiger partial charge on any atom is -0.465 e. The summed E-state index contributed by atoms with van der Waals surface area (Å²) in [6.45, 7) is 26.4. The number of esters is 1. The number of aliphatic hydroxyl groups is 2. The van der Waals surface area contributed by atoms with E-state index in [4.69, 9.17) is 14.6 Å². The molecule has 2 aliphatic heterocycles. The van der Waals surface area contributed by atoms with Crippen LogP contribution in [0.2, 0.25) is 0 Å². The fraction of sp³-hybridized carbons (Fsp3) is 0.667. The maximum absolute atomic E-state index is 12.6. The van der Waals surface area contributed by atoms with Gasteiger partial charge in [-0.1, -0.05) is 51.1 Å². The van der Waals surface area contributed by atoms with Crippen LogP contribution in [0, 0.1) is 23.7 Å². The van der Waals surface area contributed by atoms with Gasteiger partial charge in [-0.05, 0) is 64.0 Å². The van der Waals surface area contributed by atoms with E-state index in [1.165, 1.54) is 5.56 Å². The number of aliphatic hydroxyl groups excluding tert-OH is 2. The molecule has 0 bridgehead atoms. The molecule has 0 spiro atoms. The third-order valence-corrected chi connectivity index (χ3v) is 7.83. The monoisotopic (exact) mass is 618 g/mol. The molecule has 0 aliphatic carbocycles. The van der Waals surface area contributed by atoms with Gasteiger partial charge in [0, 0.05) is 45.1 Å². The van der Waals surface area contributed by atoms with Crippen LogP contribution >= 0.6 is 0 Å². The Morgan fingerprint density at radius 3 is 2.07 bits per heavy atom. The summed E-state index contributed by atoms with van der Waals surface area (Å²) in [6.07, 6.45) is 2.82. The molecular weight excluding hydrogens is 556 g/mol. The molecular formula is C36H62N2O6. The lowest BCUT2D eigenvalue weighted by Crippen LogP contribution is -2.36. The van der Waals surface area contributed by atoms with Crippen LogP contribution in [0.4, 0.5) is 0 Å². The number of ether oxygens (including phenoxy) is 2. The van der Waals surface area contributed by atoms with Crippen LogP contribution in [0.25, 0.3) is 0 Å². The van der Waals surface area contributed by atoms with Crippen LogP contribution in [0.3, 0.4) is 0 Å². The van der Waals surface area contributed by atoms with E-state index in [1.54, 1.807) is 13.8 Å². The molecule has 0 saturated carbocycles. The van der Waals surface area contributed by atoms with Gasteiger partial charge in [-0.3, -0.25) is 14.5 Å². The zero-order chi connectivity index (χ0) is 33.7. The third kappa shape index (κ3) is 17.8. The molecule has 0 unspecified atom stereocenters. The van der Waals surface area contributed by atoms with E-state index in [1.807, 2.05) is 13.0 Å². The predicted octanol–water partition coefficient (Wildman–Crippen LogP) is 5.73. The minimum atomic E-state index is -0.790. The quantitative estimate of drug-likeness (QED) is 0.246. The zero-order valence-electron chi connectivity index (χ0n) is 28.5. The Kier molecular flexibility index (Phi) is 22.7. The van der Waals surface area contributed by atoms with E-state index in [0.717, 1.165) is 52.0 Å². The Morgan fingerprint density at radius 1 is 0.841 bits per heavy atom. The van der Waals surface area contributed by atoms with Crippen molar-refractivity contribution in [3.8, 4) is 0 Å². The van der Waals surface area contributed by atoms with E-state index in [9.17, 15) is 14.7 Å². The van der Waals surface area contributed by atoms with Crippen molar-refractivity contribution in [1.82, 2.24) is 9.80 Å². The maximum Gasteiger partial charge on any atom is 0.316 e. The number of ketones is 1.